The number of likely N-dealkylation sites (N-methyl/N-ethyl adjacent to an activating group) is 1. The summed E-state index contributed by atoms with van der Waals surface area (Å²) >= 11 is 0. The van der Waals surface area contributed by atoms with Crippen LogP contribution in [-0.2, 0) is 17.8 Å². The summed E-state index contributed by atoms with van der Waals surface area (Å²) in [5.41, 5.74) is 3.22. The first-order valence-electron chi connectivity index (χ1n) is 8.88. The van der Waals surface area contributed by atoms with E-state index >= 15 is 0 Å². The molecule has 3 rings (SSSR count). The SMILES string of the molecule is Cc1ccc(C[NH+](C)CC(=O)Nc2ccccc2Cc2ccccc2)o1. The van der Waals surface area contributed by atoms with Crippen LogP contribution in [0.1, 0.15) is 22.6 Å². The van der Waals surface area contributed by atoms with E-state index in [4.69, 9.17) is 4.42 Å². The summed E-state index contributed by atoms with van der Waals surface area (Å²) in [6.45, 7) is 3.00. The molecule has 1 heterocycles. The monoisotopic (exact) mass is 349 g/mol. The number of anilines is 1. The Morgan fingerprint density at radius 1 is 1.00 bits per heavy atom. The van der Waals surface area contributed by atoms with Crippen LogP contribution in [0.5, 0.6) is 0 Å². The molecule has 0 saturated carbocycles. The number of hydrogen-bond donors (Lipinski definition) is 2. The summed E-state index contributed by atoms with van der Waals surface area (Å²) in [7, 11) is 1.99. The fourth-order valence-corrected chi connectivity index (χ4v) is 3.02. The molecule has 0 aliphatic carbocycles. The van der Waals surface area contributed by atoms with Gasteiger partial charge in [0.2, 0.25) is 0 Å². The summed E-state index contributed by atoms with van der Waals surface area (Å²) in [5.74, 6) is 1.80. The normalized spacial score (nSPS) is 11.9. The van der Waals surface area contributed by atoms with Crippen LogP contribution in [0.3, 0.4) is 0 Å². The first-order chi connectivity index (χ1) is 12.6. The number of carbonyl (C=O) groups excluding carboxylic acids is 1. The molecule has 0 bridgehead atoms. The maximum Gasteiger partial charge on any atom is 0.279 e. The lowest BCUT2D eigenvalue weighted by atomic mass is 10.0. The van der Waals surface area contributed by atoms with Crippen molar-refractivity contribution in [3.8, 4) is 0 Å². The van der Waals surface area contributed by atoms with E-state index < -0.39 is 0 Å². The van der Waals surface area contributed by atoms with Gasteiger partial charge >= 0.3 is 0 Å². The molecule has 0 saturated heterocycles. The van der Waals surface area contributed by atoms with Gasteiger partial charge in [-0.05, 0) is 42.7 Å². The lowest BCUT2D eigenvalue weighted by Crippen LogP contribution is -3.08. The second kappa shape index (κ2) is 8.50. The smallest absolute Gasteiger partial charge is 0.279 e. The topological polar surface area (TPSA) is 46.7 Å². The van der Waals surface area contributed by atoms with Gasteiger partial charge in [0.15, 0.2) is 12.3 Å². The molecule has 0 aliphatic rings. The number of quaternary nitrogens is 1. The number of aryl methyl sites for hydroxylation is 1. The Labute approximate surface area is 154 Å². The quantitative estimate of drug-likeness (QED) is 0.689. The van der Waals surface area contributed by atoms with E-state index in [1.807, 2.05) is 62.5 Å². The maximum absolute atomic E-state index is 12.5. The predicted molar refractivity (Wildman–Crippen MR) is 103 cm³/mol. The molecule has 0 fully saturated rings. The molecule has 1 aromatic heterocycles. The maximum atomic E-state index is 12.5. The second-order valence-corrected chi connectivity index (χ2v) is 6.69. The van der Waals surface area contributed by atoms with Crippen molar-refractivity contribution in [1.82, 2.24) is 0 Å². The molecule has 1 atom stereocenters. The zero-order valence-corrected chi connectivity index (χ0v) is 15.3. The highest BCUT2D eigenvalue weighted by Crippen LogP contribution is 2.18. The first-order valence-corrected chi connectivity index (χ1v) is 8.88. The summed E-state index contributed by atoms with van der Waals surface area (Å²) in [6.07, 6.45) is 0.797. The van der Waals surface area contributed by atoms with Crippen molar-refractivity contribution in [1.29, 1.82) is 0 Å². The van der Waals surface area contributed by atoms with Gasteiger partial charge in [-0.25, -0.2) is 0 Å². The molecule has 4 nitrogen and oxygen atoms in total. The van der Waals surface area contributed by atoms with Crippen LogP contribution in [-0.4, -0.2) is 19.5 Å². The standard InChI is InChI=1S/C22H24N2O2/c1-17-12-13-20(26-17)15-24(2)16-22(25)23-21-11-7-6-10-19(21)14-18-8-4-3-5-9-18/h3-13H,14-16H2,1-2H3,(H,23,25)/p+1. The van der Waals surface area contributed by atoms with Gasteiger partial charge in [0, 0.05) is 5.69 Å². The Balaban J connectivity index is 1.60. The minimum Gasteiger partial charge on any atom is -0.460 e. The van der Waals surface area contributed by atoms with Gasteiger partial charge in [-0.15, -0.1) is 0 Å². The summed E-state index contributed by atoms with van der Waals surface area (Å²) in [5, 5.41) is 3.06. The van der Waals surface area contributed by atoms with Crippen molar-refractivity contribution in [2.24, 2.45) is 0 Å². The minimum absolute atomic E-state index is 0.00582. The highest BCUT2D eigenvalue weighted by molar-refractivity contribution is 5.92. The zero-order valence-electron chi connectivity index (χ0n) is 15.3. The summed E-state index contributed by atoms with van der Waals surface area (Å²) in [4.78, 5) is 13.5. The Kier molecular flexibility index (Phi) is 5.87. The number of furan rings is 1. The molecular formula is C22H25N2O2+. The van der Waals surface area contributed by atoms with E-state index in [2.05, 4.69) is 23.5 Å². The highest BCUT2D eigenvalue weighted by atomic mass is 16.3. The second-order valence-electron chi connectivity index (χ2n) is 6.69. The third kappa shape index (κ3) is 5.07. The number of hydrogen-bond acceptors (Lipinski definition) is 2. The minimum atomic E-state index is 0.00582. The summed E-state index contributed by atoms with van der Waals surface area (Å²) < 4.78 is 5.59. The number of para-hydroxylation sites is 1. The van der Waals surface area contributed by atoms with Crippen LogP contribution < -0.4 is 10.2 Å². The van der Waals surface area contributed by atoms with E-state index in [1.54, 1.807) is 0 Å². The van der Waals surface area contributed by atoms with Crippen LogP contribution in [0.15, 0.2) is 71.1 Å². The van der Waals surface area contributed by atoms with E-state index in [0.717, 1.165) is 34.1 Å². The van der Waals surface area contributed by atoms with Gasteiger partial charge in [0.1, 0.15) is 12.3 Å². The molecule has 1 unspecified atom stereocenters. The van der Waals surface area contributed by atoms with Crippen LogP contribution in [0.2, 0.25) is 0 Å². The number of amides is 1. The molecule has 4 heteroatoms. The molecule has 2 aromatic carbocycles. The van der Waals surface area contributed by atoms with Crippen LogP contribution in [0, 0.1) is 6.92 Å². The van der Waals surface area contributed by atoms with Gasteiger partial charge in [-0.3, -0.25) is 4.79 Å². The molecule has 3 aromatic rings. The lowest BCUT2D eigenvalue weighted by molar-refractivity contribution is -0.886. The molecule has 26 heavy (non-hydrogen) atoms. The van der Waals surface area contributed by atoms with Gasteiger partial charge in [-0.2, -0.15) is 0 Å². The number of rotatable bonds is 7. The highest BCUT2D eigenvalue weighted by Gasteiger charge is 2.14. The average molecular weight is 349 g/mol. The van der Waals surface area contributed by atoms with Crippen molar-refractivity contribution >= 4 is 11.6 Å². The number of nitrogens with one attached hydrogen (secondary N) is 2. The van der Waals surface area contributed by atoms with Crippen molar-refractivity contribution < 1.29 is 14.1 Å². The molecule has 134 valence electrons. The lowest BCUT2D eigenvalue weighted by Gasteiger charge is -2.14. The van der Waals surface area contributed by atoms with Crippen LogP contribution in [0.4, 0.5) is 5.69 Å². The van der Waals surface area contributed by atoms with Gasteiger partial charge in [0.25, 0.3) is 5.91 Å². The molecule has 2 N–H and O–H groups in total. The number of carbonyl (C=O) groups is 1. The average Bonchev–Trinajstić information content (AvgIpc) is 3.02. The Morgan fingerprint density at radius 3 is 2.46 bits per heavy atom. The Morgan fingerprint density at radius 2 is 1.73 bits per heavy atom. The van der Waals surface area contributed by atoms with Gasteiger partial charge < -0.3 is 14.6 Å². The molecular weight excluding hydrogens is 324 g/mol. The predicted octanol–water partition coefficient (Wildman–Crippen LogP) is 2.83. The molecule has 0 spiro atoms. The fraction of sp³-hybridized carbons (Fsp3) is 0.227. The fourth-order valence-electron chi connectivity index (χ4n) is 3.02. The Bertz CT molecular complexity index is 855. The van der Waals surface area contributed by atoms with Crippen molar-refractivity contribution in [2.75, 3.05) is 18.9 Å². The Hall–Kier alpha value is -2.85. The third-order valence-electron chi connectivity index (χ3n) is 4.26. The van der Waals surface area contributed by atoms with Gasteiger partial charge in [-0.1, -0.05) is 48.5 Å². The van der Waals surface area contributed by atoms with Crippen LogP contribution in [0.25, 0.3) is 0 Å². The summed E-state index contributed by atoms with van der Waals surface area (Å²) in [6, 6.07) is 22.2. The third-order valence-corrected chi connectivity index (χ3v) is 4.26. The first kappa shape index (κ1) is 18.0. The molecule has 1 amide bonds. The number of benzene rings is 2. The molecule has 0 aliphatic heterocycles. The van der Waals surface area contributed by atoms with E-state index in [9.17, 15) is 4.79 Å². The van der Waals surface area contributed by atoms with Gasteiger partial charge in [0.05, 0.1) is 7.05 Å². The molecule has 0 radical (unpaired) electrons. The van der Waals surface area contributed by atoms with E-state index in [-0.39, 0.29) is 5.91 Å². The van der Waals surface area contributed by atoms with Crippen molar-refractivity contribution in [3.05, 3.63) is 89.4 Å². The van der Waals surface area contributed by atoms with E-state index in [0.29, 0.717) is 13.1 Å². The van der Waals surface area contributed by atoms with Crippen molar-refractivity contribution in [3.63, 3.8) is 0 Å². The van der Waals surface area contributed by atoms with E-state index in [1.165, 1.54) is 5.56 Å². The van der Waals surface area contributed by atoms with Crippen LogP contribution >= 0.6 is 0 Å². The zero-order chi connectivity index (χ0) is 18.4. The van der Waals surface area contributed by atoms with Crippen molar-refractivity contribution in [2.45, 2.75) is 19.9 Å². The largest absolute Gasteiger partial charge is 0.460 e.